The summed E-state index contributed by atoms with van der Waals surface area (Å²) < 4.78 is 16.6. The number of ether oxygens (including phenoxy) is 3. The zero-order valence-corrected chi connectivity index (χ0v) is 18.6. The van der Waals surface area contributed by atoms with Crippen LogP contribution in [0.4, 0.5) is 0 Å². The van der Waals surface area contributed by atoms with Crippen LogP contribution in [0.25, 0.3) is 0 Å². The van der Waals surface area contributed by atoms with Crippen LogP contribution in [-0.2, 0) is 19.0 Å². The maximum Gasteiger partial charge on any atom is 0.338 e. The van der Waals surface area contributed by atoms with E-state index >= 15 is 0 Å². The third kappa shape index (κ3) is 6.42. The molecule has 1 saturated heterocycles. The van der Waals surface area contributed by atoms with Crippen molar-refractivity contribution in [3.8, 4) is 0 Å². The minimum Gasteiger partial charge on any atom is -0.465 e. The van der Waals surface area contributed by atoms with Crippen LogP contribution in [0, 0.1) is 17.8 Å². The van der Waals surface area contributed by atoms with Crippen molar-refractivity contribution < 1.29 is 28.6 Å². The Balaban J connectivity index is 1.70. The molecule has 0 N–H and O–H groups in total. The summed E-state index contributed by atoms with van der Waals surface area (Å²) in [5, 5.41) is 0. The molecule has 1 heterocycles. The van der Waals surface area contributed by atoms with Crippen molar-refractivity contribution in [3.63, 3.8) is 0 Å². The van der Waals surface area contributed by atoms with Crippen molar-refractivity contribution in [1.29, 1.82) is 0 Å². The standard InChI is InChI=1S/C26H30O6/c1-18(2)10-9-15-22(32-25(28)20-13-7-4-8-14-20)23-21(17-31-26(23)29)16-30-24(27)19-11-5-3-6-12-19/h3-8,11-14,18,21-23H,9-10,15-17H2,1-2H3/t21-,22+,23-/m1/s1. The van der Waals surface area contributed by atoms with Crippen molar-refractivity contribution in [2.24, 2.45) is 17.8 Å². The van der Waals surface area contributed by atoms with Crippen molar-refractivity contribution in [1.82, 2.24) is 0 Å². The zero-order chi connectivity index (χ0) is 22.9. The Kier molecular flexibility index (Phi) is 8.42. The second-order valence-electron chi connectivity index (χ2n) is 8.51. The van der Waals surface area contributed by atoms with Crippen LogP contribution in [0.1, 0.15) is 53.8 Å². The summed E-state index contributed by atoms with van der Waals surface area (Å²) in [7, 11) is 0. The lowest BCUT2D eigenvalue weighted by molar-refractivity contribution is -0.144. The van der Waals surface area contributed by atoms with Gasteiger partial charge in [0.2, 0.25) is 0 Å². The van der Waals surface area contributed by atoms with E-state index in [-0.39, 0.29) is 19.1 Å². The van der Waals surface area contributed by atoms with Gasteiger partial charge in [0.1, 0.15) is 12.0 Å². The van der Waals surface area contributed by atoms with E-state index in [2.05, 4.69) is 13.8 Å². The molecular formula is C26H30O6. The first-order valence-electron chi connectivity index (χ1n) is 11.1. The summed E-state index contributed by atoms with van der Waals surface area (Å²) in [6.07, 6.45) is 1.66. The van der Waals surface area contributed by atoms with E-state index in [0.29, 0.717) is 23.5 Å². The normalized spacial score (nSPS) is 18.8. The van der Waals surface area contributed by atoms with Crippen molar-refractivity contribution in [2.75, 3.05) is 13.2 Å². The summed E-state index contributed by atoms with van der Waals surface area (Å²) in [5.41, 5.74) is 0.873. The second kappa shape index (κ2) is 11.5. The molecule has 0 radical (unpaired) electrons. The molecule has 170 valence electrons. The van der Waals surface area contributed by atoms with Gasteiger partial charge in [-0.1, -0.05) is 56.7 Å². The quantitative estimate of drug-likeness (QED) is 0.396. The van der Waals surface area contributed by atoms with E-state index < -0.39 is 29.9 Å². The lowest BCUT2D eigenvalue weighted by Crippen LogP contribution is -2.36. The summed E-state index contributed by atoms with van der Waals surface area (Å²) in [4.78, 5) is 37.7. The van der Waals surface area contributed by atoms with E-state index in [1.165, 1.54) is 0 Å². The third-order valence-electron chi connectivity index (χ3n) is 5.60. The van der Waals surface area contributed by atoms with Gasteiger partial charge in [0.15, 0.2) is 0 Å². The molecule has 0 aromatic heterocycles. The van der Waals surface area contributed by atoms with E-state index in [9.17, 15) is 14.4 Å². The first-order chi connectivity index (χ1) is 15.5. The van der Waals surface area contributed by atoms with Gasteiger partial charge in [-0.3, -0.25) is 4.79 Å². The van der Waals surface area contributed by atoms with Gasteiger partial charge in [0.25, 0.3) is 0 Å². The molecule has 0 bridgehead atoms. The highest BCUT2D eigenvalue weighted by atomic mass is 16.6. The first-order valence-corrected chi connectivity index (χ1v) is 11.1. The maximum absolute atomic E-state index is 12.7. The van der Waals surface area contributed by atoms with Gasteiger partial charge in [-0.05, 0) is 43.0 Å². The second-order valence-corrected chi connectivity index (χ2v) is 8.51. The lowest BCUT2D eigenvalue weighted by atomic mass is 9.87. The molecule has 1 aliphatic heterocycles. The third-order valence-corrected chi connectivity index (χ3v) is 5.60. The summed E-state index contributed by atoms with van der Waals surface area (Å²) in [5.74, 6) is -1.89. The highest BCUT2D eigenvalue weighted by Gasteiger charge is 2.44. The van der Waals surface area contributed by atoms with Crippen LogP contribution in [0.15, 0.2) is 60.7 Å². The fourth-order valence-electron chi connectivity index (χ4n) is 3.85. The van der Waals surface area contributed by atoms with Crippen LogP contribution < -0.4 is 0 Å². The van der Waals surface area contributed by atoms with Gasteiger partial charge in [-0.15, -0.1) is 0 Å². The number of esters is 3. The zero-order valence-electron chi connectivity index (χ0n) is 18.6. The molecular weight excluding hydrogens is 408 g/mol. The maximum atomic E-state index is 12.7. The predicted molar refractivity (Wildman–Crippen MR) is 119 cm³/mol. The monoisotopic (exact) mass is 438 g/mol. The fourth-order valence-corrected chi connectivity index (χ4v) is 3.85. The minimum absolute atomic E-state index is 0.0215. The van der Waals surface area contributed by atoms with Gasteiger partial charge >= 0.3 is 17.9 Å². The highest BCUT2D eigenvalue weighted by molar-refractivity contribution is 5.90. The average molecular weight is 439 g/mol. The number of carbonyl (C=O) groups excluding carboxylic acids is 3. The van der Waals surface area contributed by atoms with Crippen LogP contribution in [0.2, 0.25) is 0 Å². The summed E-state index contributed by atoms with van der Waals surface area (Å²) in [6, 6.07) is 17.4. The molecule has 0 aliphatic carbocycles. The fraction of sp³-hybridized carbons (Fsp3) is 0.423. The molecule has 0 unspecified atom stereocenters. The molecule has 32 heavy (non-hydrogen) atoms. The molecule has 2 aromatic carbocycles. The number of rotatable bonds is 10. The number of carbonyl (C=O) groups is 3. The van der Waals surface area contributed by atoms with Crippen LogP contribution >= 0.6 is 0 Å². The van der Waals surface area contributed by atoms with Crippen LogP contribution in [0.5, 0.6) is 0 Å². The molecule has 0 amide bonds. The van der Waals surface area contributed by atoms with Gasteiger partial charge in [-0.25, -0.2) is 9.59 Å². The number of benzene rings is 2. The van der Waals surface area contributed by atoms with Crippen LogP contribution in [0.3, 0.4) is 0 Å². The smallest absolute Gasteiger partial charge is 0.338 e. The van der Waals surface area contributed by atoms with Crippen molar-refractivity contribution >= 4 is 17.9 Å². The van der Waals surface area contributed by atoms with Crippen molar-refractivity contribution in [3.05, 3.63) is 71.8 Å². The van der Waals surface area contributed by atoms with Gasteiger partial charge in [0.05, 0.1) is 24.3 Å². The Morgan fingerprint density at radius 3 is 2.12 bits per heavy atom. The molecule has 1 fully saturated rings. The molecule has 3 rings (SSSR count). The first kappa shape index (κ1) is 23.5. The van der Waals surface area contributed by atoms with Gasteiger partial charge < -0.3 is 14.2 Å². The SMILES string of the molecule is CC(C)CCC[C@H](OC(=O)c1ccccc1)[C@@H]1C(=O)OC[C@H]1COC(=O)c1ccccc1. The van der Waals surface area contributed by atoms with E-state index in [1.807, 2.05) is 12.1 Å². The van der Waals surface area contributed by atoms with E-state index in [4.69, 9.17) is 14.2 Å². The Morgan fingerprint density at radius 1 is 0.938 bits per heavy atom. The van der Waals surface area contributed by atoms with Crippen LogP contribution in [-0.4, -0.2) is 37.2 Å². The minimum atomic E-state index is -0.668. The molecule has 6 heteroatoms. The lowest BCUT2D eigenvalue weighted by Gasteiger charge is -2.25. The molecule has 3 atom stereocenters. The molecule has 1 aliphatic rings. The van der Waals surface area contributed by atoms with Crippen molar-refractivity contribution in [2.45, 2.75) is 39.2 Å². The topological polar surface area (TPSA) is 78.9 Å². The van der Waals surface area contributed by atoms with E-state index in [0.717, 1.165) is 12.8 Å². The highest BCUT2D eigenvalue weighted by Crippen LogP contribution is 2.31. The Morgan fingerprint density at radius 2 is 1.53 bits per heavy atom. The number of hydrogen-bond donors (Lipinski definition) is 0. The van der Waals surface area contributed by atoms with Gasteiger partial charge in [0, 0.05) is 5.92 Å². The largest absolute Gasteiger partial charge is 0.465 e. The Bertz CT molecular complexity index is 893. The molecule has 2 aromatic rings. The summed E-state index contributed by atoms with van der Waals surface area (Å²) in [6.45, 7) is 4.41. The molecule has 0 spiro atoms. The summed E-state index contributed by atoms with van der Waals surface area (Å²) >= 11 is 0. The Labute approximate surface area is 188 Å². The average Bonchev–Trinajstić information content (AvgIpc) is 3.17. The number of hydrogen-bond acceptors (Lipinski definition) is 6. The predicted octanol–water partition coefficient (Wildman–Crippen LogP) is 4.68. The molecule has 6 nitrogen and oxygen atoms in total. The molecule has 0 saturated carbocycles. The van der Waals surface area contributed by atoms with E-state index in [1.54, 1.807) is 48.5 Å². The Hall–Kier alpha value is -3.15. The number of cyclic esters (lactones) is 1. The van der Waals surface area contributed by atoms with Gasteiger partial charge in [-0.2, -0.15) is 0 Å².